The Morgan fingerprint density at radius 2 is 1.60 bits per heavy atom. The number of carbonyl (C=O) groups excluding carboxylic acids is 2. The maximum absolute atomic E-state index is 12.7. The van der Waals surface area contributed by atoms with Gasteiger partial charge in [0.15, 0.2) is 0 Å². The summed E-state index contributed by atoms with van der Waals surface area (Å²) in [6.45, 7) is 1.98. The van der Waals surface area contributed by atoms with E-state index in [0.717, 1.165) is 24.1 Å². The highest BCUT2D eigenvalue weighted by atomic mass is 16.2. The predicted molar refractivity (Wildman–Crippen MR) is 76.0 cm³/mol. The second-order valence-corrected chi connectivity index (χ2v) is 6.19. The number of anilines is 1. The first-order valence-electron chi connectivity index (χ1n) is 7.29. The maximum atomic E-state index is 12.7. The third kappa shape index (κ3) is 1.46. The van der Waals surface area contributed by atoms with Crippen molar-refractivity contribution in [2.24, 2.45) is 23.7 Å². The van der Waals surface area contributed by atoms with Crippen molar-refractivity contribution in [2.45, 2.75) is 19.8 Å². The summed E-state index contributed by atoms with van der Waals surface area (Å²) in [5.41, 5.74) is 1.80. The number of fused-ring (bicyclic) bond motifs is 1. The molecule has 0 aromatic heterocycles. The van der Waals surface area contributed by atoms with Crippen LogP contribution in [0.15, 0.2) is 36.4 Å². The number of hydrogen-bond acceptors (Lipinski definition) is 2. The number of benzene rings is 1. The largest absolute Gasteiger partial charge is 0.274 e. The molecule has 5 rings (SSSR count). The van der Waals surface area contributed by atoms with Gasteiger partial charge in [-0.3, -0.25) is 14.5 Å². The summed E-state index contributed by atoms with van der Waals surface area (Å²) in [7, 11) is 0. The molecule has 1 aromatic carbocycles. The third-order valence-electron chi connectivity index (χ3n) is 5.02. The molecule has 3 aliphatic carbocycles. The third-order valence-corrected chi connectivity index (χ3v) is 5.02. The Labute approximate surface area is 118 Å². The lowest BCUT2D eigenvalue weighted by molar-refractivity contribution is -0.124. The molecule has 20 heavy (non-hydrogen) atoms. The molecule has 1 heterocycles. The average Bonchev–Trinajstić information content (AvgIpc) is 2.74. The molecule has 4 aliphatic rings. The molecule has 0 unspecified atom stereocenters. The number of hydrogen-bond donors (Lipinski definition) is 0. The zero-order chi connectivity index (χ0) is 13.9. The molecule has 2 amide bonds. The van der Waals surface area contributed by atoms with Gasteiger partial charge in [-0.05, 0) is 49.3 Å². The van der Waals surface area contributed by atoms with Gasteiger partial charge >= 0.3 is 0 Å². The van der Waals surface area contributed by atoms with Crippen molar-refractivity contribution in [3.8, 4) is 0 Å². The molecule has 1 aliphatic heterocycles. The summed E-state index contributed by atoms with van der Waals surface area (Å²) in [6, 6.07) is 7.66. The zero-order valence-electron chi connectivity index (χ0n) is 11.5. The van der Waals surface area contributed by atoms with E-state index in [0.29, 0.717) is 0 Å². The van der Waals surface area contributed by atoms with Crippen molar-refractivity contribution < 1.29 is 9.59 Å². The summed E-state index contributed by atoms with van der Waals surface area (Å²) in [5.74, 6) is 0.292. The number of imide groups is 1. The minimum absolute atomic E-state index is 0.00431. The van der Waals surface area contributed by atoms with E-state index in [1.54, 1.807) is 0 Å². The van der Waals surface area contributed by atoms with Gasteiger partial charge in [-0.15, -0.1) is 0 Å². The molecule has 0 spiro atoms. The second-order valence-electron chi connectivity index (χ2n) is 6.19. The Morgan fingerprint density at radius 3 is 2.10 bits per heavy atom. The highest BCUT2D eigenvalue weighted by molar-refractivity contribution is 6.22. The minimum atomic E-state index is -0.119. The van der Waals surface area contributed by atoms with Crippen molar-refractivity contribution >= 4 is 17.5 Å². The molecule has 2 fully saturated rings. The molecular weight excluding hydrogens is 250 g/mol. The van der Waals surface area contributed by atoms with E-state index in [9.17, 15) is 9.59 Å². The predicted octanol–water partition coefficient (Wildman–Crippen LogP) is 2.70. The van der Waals surface area contributed by atoms with Crippen LogP contribution in [0.25, 0.3) is 0 Å². The molecule has 102 valence electrons. The maximum Gasteiger partial charge on any atom is 0.238 e. The van der Waals surface area contributed by atoms with Gasteiger partial charge in [-0.1, -0.05) is 24.3 Å². The fourth-order valence-electron chi connectivity index (χ4n) is 4.10. The molecule has 0 N–H and O–H groups in total. The van der Waals surface area contributed by atoms with E-state index in [4.69, 9.17) is 0 Å². The Balaban J connectivity index is 1.77. The number of nitrogens with zero attached hydrogens (tertiary/aromatic N) is 1. The van der Waals surface area contributed by atoms with Gasteiger partial charge in [-0.25, -0.2) is 0 Å². The van der Waals surface area contributed by atoms with Gasteiger partial charge in [0.05, 0.1) is 17.5 Å². The van der Waals surface area contributed by atoms with Gasteiger partial charge in [0.2, 0.25) is 11.8 Å². The molecule has 1 aromatic rings. The van der Waals surface area contributed by atoms with Crippen LogP contribution in [0.4, 0.5) is 5.69 Å². The van der Waals surface area contributed by atoms with Crippen LogP contribution in [0.3, 0.4) is 0 Å². The fourth-order valence-corrected chi connectivity index (χ4v) is 4.10. The Morgan fingerprint density at radius 1 is 1.00 bits per heavy atom. The van der Waals surface area contributed by atoms with Gasteiger partial charge in [-0.2, -0.15) is 0 Å². The van der Waals surface area contributed by atoms with Crippen LogP contribution in [0, 0.1) is 30.6 Å². The summed E-state index contributed by atoms with van der Waals surface area (Å²) in [4.78, 5) is 26.9. The number of aryl methyl sites for hydroxylation is 1. The zero-order valence-corrected chi connectivity index (χ0v) is 11.5. The number of carbonyl (C=O) groups is 2. The van der Waals surface area contributed by atoms with Gasteiger partial charge < -0.3 is 0 Å². The molecule has 1 saturated carbocycles. The number of rotatable bonds is 1. The van der Waals surface area contributed by atoms with E-state index in [-0.39, 0.29) is 35.5 Å². The van der Waals surface area contributed by atoms with Crippen molar-refractivity contribution in [2.75, 3.05) is 4.90 Å². The smallest absolute Gasteiger partial charge is 0.238 e. The standard InChI is InChI=1S/C17H17NO2/c1-10-3-2-4-13(9-10)18-16(19)14-11-5-6-12(8-7-11)15(14)17(18)20/h2-6,9,11-12,14-15H,7-8H2,1H3/t11-,12-,14-,15+/m0/s1. The quantitative estimate of drug-likeness (QED) is 0.579. The van der Waals surface area contributed by atoms with Crippen LogP contribution < -0.4 is 4.90 Å². The highest BCUT2D eigenvalue weighted by Crippen LogP contribution is 2.50. The van der Waals surface area contributed by atoms with Crippen LogP contribution in [-0.4, -0.2) is 11.8 Å². The summed E-state index contributed by atoms with van der Waals surface area (Å²) in [6.07, 6.45) is 6.40. The van der Waals surface area contributed by atoms with Crippen molar-refractivity contribution in [3.63, 3.8) is 0 Å². The number of allylic oxidation sites excluding steroid dienone is 2. The van der Waals surface area contributed by atoms with Gasteiger partial charge in [0, 0.05) is 0 Å². The van der Waals surface area contributed by atoms with Crippen LogP contribution in [0.2, 0.25) is 0 Å². The molecule has 4 atom stereocenters. The Hall–Kier alpha value is -1.90. The summed E-state index contributed by atoms with van der Waals surface area (Å²) >= 11 is 0. The van der Waals surface area contributed by atoms with Gasteiger partial charge in [0.1, 0.15) is 0 Å². The van der Waals surface area contributed by atoms with E-state index < -0.39 is 0 Å². The van der Waals surface area contributed by atoms with E-state index in [1.807, 2.05) is 31.2 Å². The van der Waals surface area contributed by atoms with E-state index in [1.165, 1.54) is 4.90 Å². The molecule has 0 radical (unpaired) electrons. The van der Waals surface area contributed by atoms with Crippen molar-refractivity contribution in [1.29, 1.82) is 0 Å². The van der Waals surface area contributed by atoms with Crippen molar-refractivity contribution in [3.05, 3.63) is 42.0 Å². The number of amides is 2. The SMILES string of the molecule is Cc1cccc(N2C(=O)[C@@H]3[C@H](C2=O)[C@H]2C=C[C@H]3CC2)c1. The first-order valence-corrected chi connectivity index (χ1v) is 7.29. The molecule has 3 heteroatoms. The van der Waals surface area contributed by atoms with E-state index >= 15 is 0 Å². The monoisotopic (exact) mass is 267 g/mol. The van der Waals surface area contributed by atoms with Crippen LogP contribution in [0.1, 0.15) is 18.4 Å². The van der Waals surface area contributed by atoms with Gasteiger partial charge in [0.25, 0.3) is 0 Å². The summed E-state index contributed by atoms with van der Waals surface area (Å²) < 4.78 is 0. The lowest BCUT2D eigenvalue weighted by atomic mass is 9.63. The molecule has 3 nitrogen and oxygen atoms in total. The van der Waals surface area contributed by atoms with Crippen LogP contribution >= 0.6 is 0 Å². The highest BCUT2D eigenvalue weighted by Gasteiger charge is 2.56. The molecular formula is C17H17NO2. The van der Waals surface area contributed by atoms with Crippen LogP contribution in [-0.2, 0) is 9.59 Å². The van der Waals surface area contributed by atoms with Crippen molar-refractivity contribution in [1.82, 2.24) is 0 Å². The van der Waals surface area contributed by atoms with E-state index in [2.05, 4.69) is 12.2 Å². The van der Waals surface area contributed by atoms with Crippen LogP contribution in [0.5, 0.6) is 0 Å². The lowest BCUT2D eigenvalue weighted by Crippen LogP contribution is -2.38. The lowest BCUT2D eigenvalue weighted by Gasteiger charge is -2.38. The topological polar surface area (TPSA) is 37.4 Å². The first-order chi connectivity index (χ1) is 9.66. The average molecular weight is 267 g/mol. The fraction of sp³-hybridized carbons (Fsp3) is 0.412. The summed E-state index contributed by atoms with van der Waals surface area (Å²) in [5, 5.41) is 0. The second kappa shape index (κ2) is 4.05. The normalized spacial score (nSPS) is 34.8. The Kier molecular flexibility index (Phi) is 2.40. The molecule has 2 bridgehead atoms. The Bertz CT molecular complexity index is 602. The first kappa shape index (κ1) is 11.9. The minimum Gasteiger partial charge on any atom is -0.274 e. The molecule has 1 saturated heterocycles.